The summed E-state index contributed by atoms with van der Waals surface area (Å²) in [6.45, 7) is 2.09. The second kappa shape index (κ2) is 5.81. The molecule has 0 aromatic heterocycles. The van der Waals surface area contributed by atoms with Crippen molar-refractivity contribution in [3.63, 3.8) is 0 Å². The fourth-order valence-corrected chi connectivity index (χ4v) is 1.63. The van der Waals surface area contributed by atoms with Crippen LogP contribution in [0.2, 0.25) is 0 Å². The van der Waals surface area contributed by atoms with Crippen LogP contribution in [-0.2, 0) is 14.3 Å². The van der Waals surface area contributed by atoms with Gasteiger partial charge in [-0.2, -0.15) is 0 Å². The van der Waals surface area contributed by atoms with Crippen molar-refractivity contribution in [2.24, 2.45) is 0 Å². The zero-order valence-electron chi connectivity index (χ0n) is 9.86. The Hall–Kier alpha value is -1.14. The van der Waals surface area contributed by atoms with E-state index in [1.54, 1.807) is 0 Å². The molecule has 1 heterocycles. The molecular weight excluding hydrogens is 212 g/mol. The summed E-state index contributed by atoms with van der Waals surface area (Å²) in [5.74, 6) is -0.203. The molecule has 0 spiro atoms. The van der Waals surface area contributed by atoms with E-state index in [2.05, 4.69) is 5.32 Å². The fraction of sp³-hybridized carbons (Fsp3) is 0.800. The largest absolute Gasteiger partial charge is 0.354 e. The maximum Gasteiger partial charge on any atom is 0.324 e. The predicted octanol–water partition coefficient (Wildman–Crippen LogP) is 0.326. The number of rotatable bonds is 6. The molecular formula is C10H18N2O4. The summed E-state index contributed by atoms with van der Waals surface area (Å²) >= 11 is 0. The highest BCUT2D eigenvalue weighted by molar-refractivity contribution is 6.04. The number of ether oxygens (including phenoxy) is 2. The molecule has 1 aliphatic rings. The van der Waals surface area contributed by atoms with E-state index in [1.165, 1.54) is 14.2 Å². The second-order valence-corrected chi connectivity index (χ2v) is 3.64. The minimum absolute atomic E-state index is 0.123. The van der Waals surface area contributed by atoms with Crippen LogP contribution in [0.3, 0.4) is 0 Å². The lowest BCUT2D eigenvalue weighted by Gasteiger charge is -2.19. The lowest BCUT2D eigenvalue weighted by molar-refractivity contribution is -0.138. The van der Waals surface area contributed by atoms with E-state index >= 15 is 0 Å². The Morgan fingerprint density at radius 2 is 2.00 bits per heavy atom. The number of nitrogens with zero attached hydrogens (tertiary/aromatic N) is 1. The average Bonchev–Trinajstić information content (AvgIpc) is 2.53. The van der Waals surface area contributed by atoms with Gasteiger partial charge < -0.3 is 14.8 Å². The van der Waals surface area contributed by atoms with Gasteiger partial charge in [-0.1, -0.05) is 13.3 Å². The average molecular weight is 230 g/mol. The number of amides is 3. The van der Waals surface area contributed by atoms with Gasteiger partial charge in [-0.3, -0.25) is 9.69 Å². The van der Waals surface area contributed by atoms with Crippen molar-refractivity contribution < 1.29 is 19.1 Å². The summed E-state index contributed by atoms with van der Waals surface area (Å²) in [6.07, 6.45) is 0.934. The normalized spacial score (nSPS) is 20.8. The lowest BCUT2D eigenvalue weighted by Crippen LogP contribution is -2.39. The van der Waals surface area contributed by atoms with Crippen LogP contribution in [0.1, 0.15) is 19.8 Å². The van der Waals surface area contributed by atoms with E-state index < -0.39 is 12.3 Å². The first-order valence-corrected chi connectivity index (χ1v) is 5.31. The lowest BCUT2D eigenvalue weighted by atomic mass is 10.2. The third kappa shape index (κ3) is 2.70. The van der Waals surface area contributed by atoms with Crippen LogP contribution in [-0.4, -0.2) is 49.9 Å². The van der Waals surface area contributed by atoms with Crippen molar-refractivity contribution in [2.75, 3.05) is 20.8 Å². The molecule has 0 saturated carbocycles. The zero-order chi connectivity index (χ0) is 12.1. The molecule has 6 nitrogen and oxygen atoms in total. The Morgan fingerprint density at radius 3 is 2.50 bits per heavy atom. The maximum absolute atomic E-state index is 11.8. The van der Waals surface area contributed by atoms with Gasteiger partial charge in [0.2, 0.25) is 0 Å². The van der Waals surface area contributed by atoms with Crippen molar-refractivity contribution >= 4 is 11.9 Å². The molecule has 16 heavy (non-hydrogen) atoms. The highest BCUT2D eigenvalue weighted by Crippen LogP contribution is 2.12. The number of carbonyl (C=O) groups is 2. The Labute approximate surface area is 94.9 Å². The minimum atomic E-state index is -0.574. The molecule has 1 fully saturated rings. The highest BCUT2D eigenvalue weighted by Gasteiger charge is 2.38. The number of hydrogen-bond donors (Lipinski definition) is 1. The quantitative estimate of drug-likeness (QED) is 0.527. The Balaban J connectivity index is 2.60. The van der Waals surface area contributed by atoms with Crippen LogP contribution in [0.4, 0.5) is 4.79 Å². The molecule has 0 aliphatic carbocycles. The van der Waals surface area contributed by atoms with Crippen molar-refractivity contribution in [3.05, 3.63) is 0 Å². The van der Waals surface area contributed by atoms with Crippen molar-refractivity contribution in [2.45, 2.75) is 32.1 Å². The molecule has 1 N–H and O–H groups in total. The fourth-order valence-electron chi connectivity index (χ4n) is 1.63. The zero-order valence-corrected chi connectivity index (χ0v) is 9.86. The summed E-state index contributed by atoms with van der Waals surface area (Å²) in [6, 6.07) is -0.769. The molecule has 92 valence electrons. The topological polar surface area (TPSA) is 67.9 Å². The molecule has 0 radical (unpaired) electrons. The van der Waals surface area contributed by atoms with E-state index in [9.17, 15) is 9.59 Å². The van der Waals surface area contributed by atoms with Gasteiger partial charge in [0.15, 0.2) is 6.29 Å². The number of hydrogen-bond acceptors (Lipinski definition) is 4. The molecule has 0 aromatic carbocycles. The predicted molar refractivity (Wildman–Crippen MR) is 56.7 cm³/mol. The van der Waals surface area contributed by atoms with Gasteiger partial charge in [0.1, 0.15) is 6.04 Å². The van der Waals surface area contributed by atoms with Crippen LogP contribution in [0.5, 0.6) is 0 Å². The Morgan fingerprint density at radius 1 is 1.38 bits per heavy atom. The van der Waals surface area contributed by atoms with E-state index in [0.29, 0.717) is 6.42 Å². The van der Waals surface area contributed by atoms with Crippen LogP contribution >= 0.6 is 0 Å². The second-order valence-electron chi connectivity index (χ2n) is 3.64. The van der Waals surface area contributed by atoms with Crippen molar-refractivity contribution in [1.82, 2.24) is 10.2 Å². The Bertz CT molecular complexity index is 266. The van der Waals surface area contributed by atoms with E-state index in [1.807, 2.05) is 6.92 Å². The molecule has 6 heteroatoms. The van der Waals surface area contributed by atoms with Gasteiger partial charge in [-0.25, -0.2) is 4.79 Å². The number of carbonyl (C=O) groups excluding carboxylic acids is 2. The first kappa shape index (κ1) is 12.9. The van der Waals surface area contributed by atoms with Gasteiger partial charge in [0, 0.05) is 14.2 Å². The standard InChI is InChI=1S/C10H18N2O4/c1-4-5-7-9(13)12(10(14)11-7)6-8(15-2)16-3/h7-8H,4-6H2,1-3H3,(H,11,14). The van der Waals surface area contributed by atoms with Crippen LogP contribution in [0.25, 0.3) is 0 Å². The summed E-state index contributed by atoms with van der Waals surface area (Å²) in [7, 11) is 2.94. The molecule has 0 aromatic rings. The summed E-state index contributed by atoms with van der Waals surface area (Å²) in [5.41, 5.74) is 0. The third-order valence-electron chi connectivity index (χ3n) is 2.54. The van der Waals surface area contributed by atoms with Crippen LogP contribution in [0, 0.1) is 0 Å². The smallest absolute Gasteiger partial charge is 0.324 e. The van der Waals surface area contributed by atoms with Gasteiger partial charge in [-0.05, 0) is 6.42 Å². The number of urea groups is 1. The first-order chi connectivity index (χ1) is 7.63. The van der Waals surface area contributed by atoms with Crippen LogP contribution in [0.15, 0.2) is 0 Å². The molecule has 1 unspecified atom stereocenters. The molecule has 1 saturated heterocycles. The molecule has 3 amide bonds. The number of imide groups is 1. The molecule has 1 atom stereocenters. The SMILES string of the molecule is CCCC1NC(=O)N(CC(OC)OC)C1=O. The number of nitrogens with one attached hydrogen (secondary N) is 1. The van der Waals surface area contributed by atoms with Crippen molar-refractivity contribution in [3.8, 4) is 0 Å². The Kier molecular flexibility index (Phi) is 4.70. The molecule has 1 aliphatic heterocycles. The van der Waals surface area contributed by atoms with Gasteiger partial charge in [0.25, 0.3) is 5.91 Å². The van der Waals surface area contributed by atoms with E-state index in [-0.39, 0.29) is 18.5 Å². The first-order valence-electron chi connectivity index (χ1n) is 5.31. The third-order valence-corrected chi connectivity index (χ3v) is 2.54. The van der Waals surface area contributed by atoms with E-state index in [4.69, 9.17) is 9.47 Å². The van der Waals surface area contributed by atoms with Crippen LogP contribution < -0.4 is 5.32 Å². The molecule has 0 bridgehead atoms. The highest BCUT2D eigenvalue weighted by atomic mass is 16.7. The van der Waals surface area contributed by atoms with Gasteiger partial charge in [-0.15, -0.1) is 0 Å². The summed E-state index contributed by atoms with van der Waals surface area (Å²) in [4.78, 5) is 24.5. The van der Waals surface area contributed by atoms with Gasteiger partial charge in [0.05, 0.1) is 6.54 Å². The molecule has 1 rings (SSSR count). The number of methoxy groups -OCH3 is 2. The van der Waals surface area contributed by atoms with E-state index in [0.717, 1.165) is 11.3 Å². The summed E-state index contributed by atoms with van der Waals surface area (Å²) < 4.78 is 9.91. The monoisotopic (exact) mass is 230 g/mol. The van der Waals surface area contributed by atoms with Crippen molar-refractivity contribution in [1.29, 1.82) is 0 Å². The minimum Gasteiger partial charge on any atom is -0.354 e. The maximum atomic E-state index is 11.8. The van der Waals surface area contributed by atoms with Gasteiger partial charge >= 0.3 is 6.03 Å². The summed E-state index contributed by atoms with van der Waals surface area (Å²) in [5, 5.41) is 2.63.